The Morgan fingerprint density at radius 2 is 2.00 bits per heavy atom. The van der Waals surface area contributed by atoms with E-state index in [-0.39, 0.29) is 5.91 Å². The van der Waals surface area contributed by atoms with Gasteiger partial charge >= 0.3 is 0 Å². The van der Waals surface area contributed by atoms with Crippen LogP contribution in [0.15, 0.2) is 42.7 Å². The van der Waals surface area contributed by atoms with E-state index < -0.39 is 6.10 Å². The highest BCUT2D eigenvalue weighted by molar-refractivity contribution is 5.94. The van der Waals surface area contributed by atoms with Gasteiger partial charge in [-0.25, -0.2) is 0 Å². The maximum Gasteiger partial charge on any atom is 0.258 e. The standard InChI is InChI=1S/C18H26N4O2/c1-4-21(5-2)11-12-22-14-16(13-19-22)20-18(23)17(24-3)15-9-7-6-8-10-15/h6-10,13-14,17H,4-5,11-12H2,1-3H3,(H,20,23). The van der Waals surface area contributed by atoms with Crippen LogP contribution < -0.4 is 5.32 Å². The molecule has 1 unspecified atom stereocenters. The average molecular weight is 330 g/mol. The molecule has 6 nitrogen and oxygen atoms in total. The number of carbonyl (C=O) groups is 1. The van der Waals surface area contributed by atoms with E-state index in [9.17, 15) is 4.79 Å². The summed E-state index contributed by atoms with van der Waals surface area (Å²) in [6.07, 6.45) is 2.88. The Morgan fingerprint density at radius 1 is 1.29 bits per heavy atom. The van der Waals surface area contributed by atoms with Crippen LogP contribution in [0, 0.1) is 0 Å². The van der Waals surface area contributed by atoms with Gasteiger partial charge in [-0.1, -0.05) is 44.2 Å². The van der Waals surface area contributed by atoms with E-state index in [4.69, 9.17) is 4.74 Å². The molecule has 2 aromatic rings. The summed E-state index contributed by atoms with van der Waals surface area (Å²) < 4.78 is 7.18. The molecule has 0 spiro atoms. The van der Waals surface area contributed by atoms with Gasteiger partial charge in [-0.2, -0.15) is 5.10 Å². The Hall–Kier alpha value is -2.18. The van der Waals surface area contributed by atoms with Gasteiger partial charge in [0.2, 0.25) is 0 Å². The summed E-state index contributed by atoms with van der Waals surface area (Å²) in [5, 5.41) is 7.17. The summed E-state index contributed by atoms with van der Waals surface area (Å²) in [6, 6.07) is 9.44. The third-order valence-electron chi connectivity index (χ3n) is 4.02. The molecule has 0 aliphatic heterocycles. The number of methoxy groups -OCH3 is 1. The third-order valence-corrected chi connectivity index (χ3v) is 4.02. The van der Waals surface area contributed by atoms with Crippen LogP contribution in [-0.4, -0.2) is 47.3 Å². The van der Waals surface area contributed by atoms with Gasteiger partial charge in [0.15, 0.2) is 6.10 Å². The Bertz CT molecular complexity index is 623. The van der Waals surface area contributed by atoms with Crippen molar-refractivity contribution in [1.29, 1.82) is 0 Å². The average Bonchev–Trinajstić information content (AvgIpc) is 3.05. The Labute approximate surface area is 143 Å². The van der Waals surface area contributed by atoms with E-state index in [0.29, 0.717) is 5.69 Å². The molecule has 130 valence electrons. The van der Waals surface area contributed by atoms with Crippen molar-refractivity contribution in [2.75, 3.05) is 32.1 Å². The number of ether oxygens (including phenoxy) is 1. The Kier molecular flexibility index (Phi) is 6.96. The lowest BCUT2D eigenvalue weighted by Gasteiger charge is -2.17. The molecule has 1 amide bonds. The van der Waals surface area contributed by atoms with Crippen LogP contribution in [0.2, 0.25) is 0 Å². The van der Waals surface area contributed by atoms with Gasteiger partial charge in [0.05, 0.1) is 18.4 Å². The SMILES string of the molecule is CCN(CC)CCn1cc(NC(=O)C(OC)c2ccccc2)cn1. The number of benzene rings is 1. The van der Waals surface area contributed by atoms with Gasteiger partial charge in [-0.05, 0) is 18.7 Å². The van der Waals surface area contributed by atoms with Gasteiger partial charge in [-0.3, -0.25) is 9.48 Å². The molecule has 0 fully saturated rings. The smallest absolute Gasteiger partial charge is 0.258 e. The van der Waals surface area contributed by atoms with Gasteiger partial charge < -0.3 is 15.0 Å². The van der Waals surface area contributed by atoms with Crippen molar-refractivity contribution >= 4 is 11.6 Å². The predicted molar refractivity (Wildman–Crippen MR) is 94.8 cm³/mol. The summed E-state index contributed by atoms with van der Waals surface area (Å²) >= 11 is 0. The van der Waals surface area contributed by atoms with Crippen molar-refractivity contribution in [2.24, 2.45) is 0 Å². The summed E-state index contributed by atoms with van der Waals surface area (Å²) in [5.41, 5.74) is 1.50. The minimum absolute atomic E-state index is 0.202. The third kappa shape index (κ3) is 4.91. The van der Waals surface area contributed by atoms with Crippen molar-refractivity contribution in [1.82, 2.24) is 14.7 Å². The highest BCUT2D eigenvalue weighted by Crippen LogP contribution is 2.18. The molecule has 6 heteroatoms. The molecule has 0 bridgehead atoms. The number of aromatic nitrogens is 2. The van der Waals surface area contributed by atoms with Crippen LogP contribution in [0.3, 0.4) is 0 Å². The first-order valence-electron chi connectivity index (χ1n) is 8.31. The molecule has 1 aromatic heterocycles. The molecule has 0 aliphatic rings. The van der Waals surface area contributed by atoms with Crippen LogP contribution in [0.1, 0.15) is 25.5 Å². The van der Waals surface area contributed by atoms with Crippen molar-refractivity contribution in [2.45, 2.75) is 26.5 Å². The maximum atomic E-state index is 12.4. The number of likely N-dealkylation sites (N-methyl/N-ethyl adjacent to an activating group) is 1. The van der Waals surface area contributed by atoms with Crippen LogP contribution in [-0.2, 0) is 16.1 Å². The fourth-order valence-corrected chi connectivity index (χ4v) is 2.56. The predicted octanol–water partition coefficient (Wildman–Crippen LogP) is 2.55. The molecule has 0 saturated heterocycles. The van der Waals surface area contributed by atoms with Crippen molar-refractivity contribution < 1.29 is 9.53 Å². The van der Waals surface area contributed by atoms with Gasteiger partial charge in [-0.15, -0.1) is 0 Å². The number of amides is 1. The van der Waals surface area contributed by atoms with Gasteiger partial charge in [0.25, 0.3) is 5.91 Å². The fraction of sp³-hybridized carbons (Fsp3) is 0.444. The monoisotopic (exact) mass is 330 g/mol. The van der Waals surface area contributed by atoms with Crippen LogP contribution in [0.25, 0.3) is 0 Å². The minimum Gasteiger partial charge on any atom is -0.367 e. The highest BCUT2D eigenvalue weighted by Gasteiger charge is 2.20. The summed E-state index contributed by atoms with van der Waals surface area (Å²) in [7, 11) is 1.53. The fourth-order valence-electron chi connectivity index (χ4n) is 2.56. The summed E-state index contributed by atoms with van der Waals surface area (Å²) in [6.45, 7) is 8.07. The molecule has 1 atom stereocenters. The zero-order valence-electron chi connectivity index (χ0n) is 14.6. The van der Waals surface area contributed by atoms with Gasteiger partial charge in [0, 0.05) is 19.9 Å². The molecule has 1 N–H and O–H groups in total. The molecule has 2 rings (SSSR count). The second-order valence-corrected chi connectivity index (χ2v) is 5.53. The zero-order valence-corrected chi connectivity index (χ0v) is 14.6. The Balaban J connectivity index is 1.94. The number of hydrogen-bond donors (Lipinski definition) is 1. The second-order valence-electron chi connectivity index (χ2n) is 5.53. The number of anilines is 1. The number of rotatable bonds is 9. The molecule has 0 saturated carbocycles. The van der Waals surface area contributed by atoms with E-state index in [0.717, 1.165) is 31.7 Å². The van der Waals surface area contributed by atoms with E-state index in [2.05, 4.69) is 29.2 Å². The largest absolute Gasteiger partial charge is 0.367 e. The first-order chi connectivity index (χ1) is 11.7. The molecule has 24 heavy (non-hydrogen) atoms. The van der Waals surface area contributed by atoms with Gasteiger partial charge in [0.1, 0.15) is 0 Å². The molecule has 1 heterocycles. The summed E-state index contributed by atoms with van der Waals surface area (Å²) in [4.78, 5) is 14.8. The van der Waals surface area contributed by atoms with Crippen molar-refractivity contribution in [3.63, 3.8) is 0 Å². The quantitative estimate of drug-likeness (QED) is 0.768. The highest BCUT2D eigenvalue weighted by atomic mass is 16.5. The minimum atomic E-state index is -0.634. The molecule has 0 aliphatic carbocycles. The van der Waals surface area contributed by atoms with Crippen molar-refractivity contribution in [3.8, 4) is 0 Å². The van der Waals surface area contributed by atoms with E-state index in [1.54, 1.807) is 6.20 Å². The number of nitrogens with zero attached hydrogens (tertiary/aromatic N) is 3. The van der Waals surface area contributed by atoms with Crippen LogP contribution >= 0.6 is 0 Å². The normalized spacial score (nSPS) is 12.3. The number of hydrogen-bond acceptors (Lipinski definition) is 4. The lowest BCUT2D eigenvalue weighted by molar-refractivity contribution is -0.126. The van der Waals surface area contributed by atoms with Crippen LogP contribution in [0.5, 0.6) is 0 Å². The molecule has 1 aromatic carbocycles. The summed E-state index contributed by atoms with van der Waals surface area (Å²) in [5.74, 6) is -0.202. The second kappa shape index (κ2) is 9.20. The van der Waals surface area contributed by atoms with E-state index in [1.807, 2.05) is 41.2 Å². The lowest BCUT2D eigenvalue weighted by Crippen LogP contribution is -2.27. The maximum absolute atomic E-state index is 12.4. The Morgan fingerprint density at radius 3 is 2.62 bits per heavy atom. The number of carbonyl (C=O) groups excluding carboxylic acids is 1. The topological polar surface area (TPSA) is 59.4 Å². The van der Waals surface area contributed by atoms with E-state index >= 15 is 0 Å². The molecule has 0 radical (unpaired) electrons. The van der Waals surface area contributed by atoms with Crippen LogP contribution in [0.4, 0.5) is 5.69 Å². The van der Waals surface area contributed by atoms with Crippen molar-refractivity contribution in [3.05, 3.63) is 48.3 Å². The molecular weight excluding hydrogens is 304 g/mol. The van der Waals surface area contributed by atoms with E-state index in [1.165, 1.54) is 7.11 Å². The first kappa shape index (κ1) is 18.2. The number of nitrogens with one attached hydrogen (secondary N) is 1. The molecular formula is C18H26N4O2. The first-order valence-corrected chi connectivity index (χ1v) is 8.31. The zero-order chi connectivity index (χ0) is 17.4. The lowest BCUT2D eigenvalue weighted by atomic mass is 10.1.